The predicted octanol–water partition coefficient (Wildman–Crippen LogP) is 1.52. The minimum absolute atomic E-state index is 0.0640. The summed E-state index contributed by atoms with van der Waals surface area (Å²) in [6.45, 7) is 2.67. The minimum Gasteiger partial charge on any atom is -0.462 e. The van der Waals surface area contributed by atoms with Gasteiger partial charge in [-0.15, -0.1) is 6.42 Å². The van der Waals surface area contributed by atoms with E-state index in [1.165, 1.54) is 12.1 Å². The third-order valence-corrected chi connectivity index (χ3v) is 8.00. The van der Waals surface area contributed by atoms with E-state index in [1.807, 2.05) is 17.0 Å². The minimum atomic E-state index is -4.46. The molecule has 13 nitrogen and oxygen atoms in total. The van der Waals surface area contributed by atoms with Gasteiger partial charge < -0.3 is 24.2 Å². The van der Waals surface area contributed by atoms with Crippen molar-refractivity contribution in [2.75, 3.05) is 6.61 Å². The van der Waals surface area contributed by atoms with Gasteiger partial charge in [0.25, 0.3) is 5.56 Å². The maximum Gasteiger partial charge on any atom is 0.459 e. The quantitative estimate of drug-likeness (QED) is 0.132. The number of hydrogen-bond donors (Lipinski definition) is 4. The van der Waals surface area contributed by atoms with Gasteiger partial charge in [0.1, 0.15) is 24.0 Å². The molecule has 0 aliphatic carbocycles. The number of carbonyl (C=O) groups excluding carboxylic acids is 1. The SMILES string of the molecule is C#C[C@@]1(O)[C@H](O)[C@@H](COP(=O)(NC(Cc2ccccc2)C(=O)OC(C)C)Oc2ccccc2)O[C@H]1n1ccc(=O)[nH]c1=O. The molecule has 4 rings (SSSR count). The van der Waals surface area contributed by atoms with Crippen LogP contribution in [-0.4, -0.2) is 62.3 Å². The number of nitrogens with zero attached hydrogens (tertiary/aromatic N) is 1. The van der Waals surface area contributed by atoms with E-state index in [9.17, 15) is 29.2 Å². The molecule has 2 heterocycles. The highest BCUT2D eigenvalue weighted by atomic mass is 31.2. The molecule has 4 N–H and O–H groups in total. The fraction of sp³-hybridized carbons (Fsp3) is 0.345. The molecule has 6 atom stereocenters. The Kier molecular flexibility index (Phi) is 10.0. The lowest BCUT2D eigenvalue weighted by Crippen LogP contribution is -2.48. The normalized spacial score (nSPS) is 23.7. The smallest absolute Gasteiger partial charge is 0.459 e. The van der Waals surface area contributed by atoms with Crippen molar-refractivity contribution in [2.45, 2.75) is 56.5 Å². The zero-order valence-electron chi connectivity index (χ0n) is 23.4. The lowest BCUT2D eigenvalue weighted by atomic mass is 9.95. The van der Waals surface area contributed by atoms with Gasteiger partial charge in [-0.1, -0.05) is 54.5 Å². The summed E-state index contributed by atoms with van der Waals surface area (Å²) in [5, 5.41) is 24.7. The highest BCUT2D eigenvalue weighted by molar-refractivity contribution is 7.52. The van der Waals surface area contributed by atoms with Crippen LogP contribution in [0.2, 0.25) is 0 Å². The molecule has 1 saturated heterocycles. The van der Waals surface area contributed by atoms with E-state index in [2.05, 4.69) is 5.09 Å². The van der Waals surface area contributed by atoms with Crippen molar-refractivity contribution in [2.24, 2.45) is 0 Å². The van der Waals surface area contributed by atoms with Crippen LogP contribution in [0, 0.1) is 12.3 Å². The third-order valence-electron chi connectivity index (χ3n) is 6.43. The molecule has 0 radical (unpaired) electrons. The first-order valence-corrected chi connectivity index (χ1v) is 14.8. The van der Waals surface area contributed by atoms with Gasteiger partial charge in [-0.2, -0.15) is 5.09 Å². The monoisotopic (exact) mass is 613 g/mol. The molecule has 3 aromatic rings. The average molecular weight is 614 g/mol. The van der Waals surface area contributed by atoms with Gasteiger partial charge in [-0.3, -0.25) is 23.7 Å². The number of benzene rings is 2. The van der Waals surface area contributed by atoms with E-state index in [0.29, 0.717) is 0 Å². The molecule has 43 heavy (non-hydrogen) atoms. The van der Waals surface area contributed by atoms with E-state index in [0.717, 1.165) is 22.4 Å². The van der Waals surface area contributed by atoms with Crippen LogP contribution in [0.25, 0.3) is 0 Å². The Morgan fingerprint density at radius 2 is 1.81 bits per heavy atom. The van der Waals surface area contributed by atoms with Gasteiger partial charge in [0.15, 0.2) is 11.8 Å². The number of carbonyl (C=O) groups is 1. The van der Waals surface area contributed by atoms with Crippen LogP contribution in [-0.2, 0) is 29.8 Å². The fourth-order valence-electron chi connectivity index (χ4n) is 4.37. The molecule has 0 saturated carbocycles. The van der Waals surface area contributed by atoms with Crippen LogP contribution in [0.15, 0.2) is 82.5 Å². The molecular formula is C29H32N3O10P. The van der Waals surface area contributed by atoms with Crippen molar-refractivity contribution in [3.63, 3.8) is 0 Å². The number of aromatic amines is 1. The Morgan fingerprint density at radius 1 is 1.16 bits per heavy atom. The Balaban J connectivity index is 1.62. The molecule has 1 fully saturated rings. The molecule has 0 spiro atoms. The molecule has 1 aliphatic heterocycles. The standard InChI is InChI=1S/C29H32N3O10P/c1-4-29(37)25(34)23(41-27(29)32-16-15-24(33)30-28(32)36)18-39-43(38,42-21-13-9-6-10-14-21)31-22(26(35)40-19(2)3)17-20-11-7-5-8-12-20/h1,5-16,19,22-23,25,27,34,37H,17-18H2,2-3H3,(H,31,38)(H,30,33,36)/t22?,23-,25-,27-,29-,43?/m1/s1. The molecule has 2 aromatic carbocycles. The van der Waals surface area contributed by atoms with Gasteiger partial charge in [0.05, 0.1) is 12.7 Å². The highest BCUT2D eigenvalue weighted by Gasteiger charge is 2.56. The Hall–Kier alpha value is -4.02. The molecule has 0 amide bonds. The van der Waals surface area contributed by atoms with Crippen molar-refractivity contribution in [3.8, 4) is 18.1 Å². The molecule has 1 aromatic heterocycles. The summed E-state index contributed by atoms with van der Waals surface area (Å²) in [6, 6.07) is 16.8. The number of terminal acetylenes is 1. The van der Waals surface area contributed by atoms with Crippen molar-refractivity contribution >= 4 is 13.7 Å². The van der Waals surface area contributed by atoms with Crippen molar-refractivity contribution in [1.82, 2.24) is 14.6 Å². The van der Waals surface area contributed by atoms with Crippen LogP contribution in [0.3, 0.4) is 0 Å². The molecule has 14 heteroatoms. The van der Waals surface area contributed by atoms with E-state index in [-0.39, 0.29) is 12.2 Å². The summed E-state index contributed by atoms with van der Waals surface area (Å²) >= 11 is 0. The Labute approximate surface area is 247 Å². The topological polar surface area (TPSA) is 178 Å². The van der Waals surface area contributed by atoms with Crippen LogP contribution in [0.5, 0.6) is 5.75 Å². The fourth-order valence-corrected chi connectivity index (χ4v) is 5.87. The number of H-pyrrole nitrogens is 1. The zero-order chi connectivity index (χ0) is 31.2. The second-order valence-corrected chi connectivity index (χ2v) is 11.7. The van der Waals surface area contributed by atoms with Crippen LogP contribution < -0.4 is 20.9 Å². The summed E-state index contributed by atoms with van der Waals surface area (Å²) < 4.78 is 37.5. The molecule has 228 valence electrons. The molecule has 0 bridgehead atoms. The van der Waals surface area contributed by atoms with E-state index < -0.39 is 67.8 Å². The lowest BCUT2D eigenvalue weighted by Gasteiger charge is -2.27. The summed E-state index contributed by atoms with van der Waals surface area (Å²) in [7, 11) is -4.46. The Bertz CT molecular complexity index is 1600. The van der Waals surface area contributed by atoms with Gasteiger partial charge >= 0.3 is 19.4 Å². The maximum absolute atomic E-state index is 14.2. The van der Waals surface area contributed by atoms with Gasteiger partial charge in [-0.05, 0) is 38.0 Å². The third kappa shape index (κ3) is 7.69. The molecule has 1 aliphatic rings. The number of ether oxygens (including phenoxy) is 2. The van der Waals surface area contributed by atoms with E-state index in [1.54, 1.807) is 56.3 Å². The van der Waals surface area contributed by atoms with Crippen molar-refractivity contribution in [3.05, 3.63) is 99.3 Å². The summed E-state index contributed by atoms with van der Waals surface area (Å²) in [6.07, 6.45) is 1.24. The lowest BCUT2D eigenvalue weighted by molar-refractivity contribution is -0.149. The predicted molar refractivity (Wildman–Crippen MR) is 154 cm³/mol. The van der Waals surface area contributed by atoms with Crippen LogP contribution in [0.1, 0.15) is 25.6 Å². The number of esters is 1. The van der Waals surface area contributed by atoms with Gasteiger partial charge in [0, 0.05) is 12.3 Å². The van der Waals surface area contributed by atoms with Crippen LogP contribution in [0.4, 0.5) is 0 Å². The maximum atomic E-state index is 14.2. The van der Waals surface area contributed by atoms with Gasteiger partial charge in [-0.25, -0.2) is 9.36 Å². The number of nitrogens with one attached hydrogen (secondary N) is 2. The number of aliphatic hydroxyl groups excluding tert-OH is 1. The summed E-state index contributed by atoms with van der Waals surface area (Å²) in [5.74, 6) is 1.46. The second kappa shape index (κ2) is 13.5. The number of para-hydroxylation sites is 1. The number of rotatable bonds is 12. The van der Waals surface area contributed by atoms with Crippen molar-refractivity contribution in [1.29, 1.82) is 0 Å². The van der Waals surface area contributed by atoms with Crippen LogP contribution >= 0.6 is 7.75 Å². The Morgan fingerprint density at radius 3 is 2.42 bits per heavy atom. The first kappa shape index (κ1) is 31.9. The molecule has 2 unspecified atom stereocenters. The van der Waals surface area contributed by atoms with Gasteiger partial charge in [0.2, 0.25) is 0 Å². The van der Waals surface area contributed by atoms with E-state index in [4.69, 9.17) is 24.9 Å². The largest absolute Gasteiger partial charge is 0.462 e. The number of aliphatic hydroxyl groups is 2. The first-order chi connectivity index (χ1) is 20.4. The first-order valence-electron chi connectivity index (χ1n) is 13.3. The summed E-state index contributed by atoms with van der Waals surface area (Å²) in [4.78, 5) is 39.0. The van der Waals surface area contributed by atoms with E-state index >= 15 is 0 Å². The summed E-state index contributed by atoms with van der Waals surface area (Å²) in [5.41, 5.74) is -3.36. The number of aromatic nitrogens is 2. The molecular weight excluding hydrogens is 581 g/mol. The second-order valence-electron chi connectivity index (χ2n) is 10.0. The zero-order valence-corrected chi connectivity index (χ0v) is 24.3. The van der Waals surface area contributed by atoms with Crippen molar-refractivity contribution < 1.29 is 38.1 Å². The average Bonchev–Trinajstić information content (AvgIpc) is 3.22. The number of hydrogen-bond acceptors (Lipinski definition) is 10. The highest BCUT2D eigenvalue weighted by Crippen LogP contribution is 2.47.